The summed E-state index contributed by atoms with van der Waals surface area (Å²) in [5.74, 6) is -0.475. The molecule has 2 aliphatic rings. The minimum atomic E-state index is -1.17. The molecule has 0 aromatic heterocycles. The molecule has 0 aliphatic carbocycles. The Hall–Kier alpha value is -2.64. The summed E-state index contributed by atoms with van der Waals surface area (Å²) >= 11 is 0. The summed E-state index contributed by atoms with van der Waals surface area (Å²) in [6.45, 7) is 3.01. The number of fused-ring (bicyclic) bond motifs is 2. The van der Waals surface area contributed by atoms with Gasteiger partial charge in [0.25, 0.3) is 11.8 Å². The normalized spacial score (nSPS) is 18.7. The van der Waals surface area contributed by atoms with Gasteiger partial charge < -0.3 is 5.32 Å². The molecule has 2 aromatic rings. The van der Waals surface area contributed by atoms with Crippen LogP contribution in [0.3, 0.4) is 0 Å². The number of amides is 2. The minimum absolute atomic E-state index is 0.238. The summed E-state index contributed by atoms with van der Waals surface area (Å²) in [5, 5.41) is 3.30. The van der Waals surface area contributed by atoms with Crippen molar-refractivity contribution in [2.45, 2.75) is 24.3 Å². The molecule has 4 rings (SSSR count). The molecule has 2 heterocycles. The molecular formula is C20H19N3O3S. The molecule has 2 unspecified atom stereocenters. The van der Waals surface area contributed by atoms with Crippen molar-refractivity contribution >= 4 is 33.8 Å². The van der Waals surface area contributed by atoms with Crippen LogP contribution < -0.4 is 5.32 Å². The fourth-order valence-electron chi connectivity index (χ4n) is 3.49. The Kier molecular flexibility index (Phi) is 4.72. The van der Waals surface area contributed by atoms with Crippen LogP contribution in [0.15, 0.2) is 52.4 Å². The van der Waals surface area contributed by atoms with Crippen LogP contribution in [-0.2, 0) is 17.2 Å². The lowest BCUT2D eigenvalue weighted by molar-refractivity contribution is 0.0596. The van der Waals surface area contributed by atoms with Crippen molar-refractivity contribution < 1.29 is 13.8 Å². The molecule has 0 saturated heterocycles. The second-order valence-corrected chi connectivity index (χ2v) is 7.84. The number of benzene rings is 2. The van der Waals surface area contributed by atoms with Gasteiger partial charge in [0.2, 0.25) is 0 Å². The smallest absolute Gasteiger partial charge is 0.261 e. The maximum Gasteiger partial charge on any atom is 0.261 e. The number of carbonyl (C=O) groups excluding carboxylic acids is 2. The Morgan fingerprint density at radius 2 is 1.78 bits per heavy atom. The highest BCUT2D eigenvalue weighted by Gasteiger charge is 2.37. The van der Waals surface area contributed by atoms with E-state index in [1.807, 2.05) is 25.1 Å². The van der Waals surface area contributed by atoms with E-state index in [2.05, 4.69) is 10.3 Å². The number of hydrogen-bond donors (Lipinski definition) is 1. The van der Waals surface area contributed by atoms with Crippen LogP contribution in [-0.4, -0.2) is 45.6 Å². The molecule has 7 heteroatoms. The number of hydrogen-bond acceptors (Lipinski definition) is 5. The lowest BCUT2D eigenvalue weighted by Gasteiger charge is -2.23. The maximum atomic E-state index is 12.5. The zero-order valence-corrected chi connectivity index (χ0v) is 15.7. The van der Waals surface area contributed by atoms with E-state index < -0.39 is 10.8 Å². The van der Waals surface area contributed by atoms with Crippen molar-refractivity contribution in [2.75, 3.05) is 13.1 Å². The van der Waals surface area contributed by atoms with Gasteiger partial charge in [-0.3, -0.25) is 14.5 Å². The molecule has 2 aliphatic heterocycles. The molecule has 0 fully saturated rings. The van der Waals surface area contributed by atoms with Crippen LogP contribution in [0.5, 0.6) is 0 Å². The summed E-state index contributed by atoms with van der Waals surface area (Å²) in [6.07, 6.45) is 0.701. The van der Waals surface area contributed by atoms with Crippen LogP contribution in [0.1, 0.15) is 33.2 Å². The molecule has 6 nitrogen and oxygen atoms in total. The Balaban J connectivity index is 1.35. The quantitative estimate of drug-likeness (QED) is 0.615. The average Bonchev–Trinajstić information content (AvgIpc) is 3.18. The number of nitrogens with zero attached hydrogens (tertiary/aromatic N) is 2. The summed E-state index contributed by atoms with van der Waals surface area (Å²) in [6, 6.07) is 12.4. The summed E-state index contributed by atoms with van der Waals surface area (Å²) < 4.78 is 12.0. The van der Waals surface area contributed by atoms with Crippen molar-refractivity contribution in [2.24, 2.45) is 4.99 Å². The van der Waals surface area contributed by atoms with E-state index in [0.29, 0.717) is 30.6 Å². The van der Waals surface area contributed by atoms with Gasteiger partial charge in [-0.25, -0.2) is 9.20 Å². The van der Waals surface area contributed by atoms with Crippen LogP contribution in [0.4, 0.5) is 5.69 Å². The summed E-state index contributed by atoms with van der Waals surface area (Å²) in [5.41, 5.74) is 4.18. The Morgan fingerprint density at radius 3 is 2.48 bits per heavy atom. The Labute approximate surface area is 159 Å². The van der Waals surface area contributed by atoms with E-state index in [-0.39, 0.29) is 17.9 Å². The molecule has 2 amide bonds. The fourth-order valence-corrected chi connectivity index (χ4v) is 4.56. The minimum Gasteiger partial charge on any atom is -0.314 e. The average molecular weight is 381 g/mol. The van der Waals surface area contributed by atoms with Gasteiger partial charge in [0.1, 0.15) is 0 Å². The van der Waals surface area contributed by atoms with Crippen molar-refractivity contribution in [3.8, 4) is 0 Å². The topological polar surface area (TPSA) is 78.8 Å². The first kappa shape index (κ1) is 17.8. The van der Waals surface area contributed by atoms with E-state index in [4.69, 9.17) is 0 Å². The maximum absolute atomic E-state index is 12.5. The molecule has 2 atom stereocenters. The van der Waals surface area contributed by atoms with Gasteiger partial charge in [-0.05, 0) is 43.7 Å². The third kappa shape index (κ3) is 3.13. The SMILES string of the molecule is CC(CNCCc1cccc2c1S(=O)C=N2)N1C(=O)c2ccccc2C1=O. The van der Waals surface area contributed by atoms with E-state index in [0.717, 1.165) is 16.1 Å². The standard InChI is InChI=1S/C20H19N3O3S/c1-13(23-19(24)15-6-2-3-7-16(15)20(23)25)11-21-10-9-14-5-4-8-17-18(14)27(26)12-22-17/h2-8,12-13,21H,9-11H2,1H3. The predicted molar refractivity (Wildman–Crippen MR) is 104 cm³/mol. The number of carbonyl (C=O) groups is 2. The summed E-state index contributed by atoms with van der Waals surface area (Å²) in [7, 11) is -1.17. The highest BCUT2D eigenvalue weighted by Crippen LogP contribution is 2.30. The first-order valence-electron chi connectivity index (χ1n) is 8.82. The van der Waals surface area contributed by atoms with Gasteiger partial charge >= 0.3 is 0 Å². The lowest BCUT2D eigenvalue weighted by atomic mass is 10.1. The molecule has 0 radical (unpaired) electrons. The van der Waals surface area contributed by atoms with Gasteiger partial charge in [0, 0.05) is 12.6 Å². The van der Waals surface area contributed by atoms with Crippen molar-refractivity contribution in [1.29, 1.82) is 0 Å². The Morgan fingerprint density at radius 1 is 1.07 bits per heavy atom. The second kappa shape index (κ2) is 7.17. The van der Waals surface area contributed by atoms with E-state index in [1.54, 1.807) is 24.3 Å². The van der Waals surface area contributed by atoms with Crippen molar-refractivity contribution in [1.82, 2.24) is 10.2 Å². The highest BCUT2D eigenvalue weighted by molar-refractivity contribution is 7.99. The largest absolute Gasteiger partial charge is 0.314 e. The zero-order chi connectivity index (χ0) is 19.0. The van der Waals surface area contributed by atoms with Crippen molar-refractivity contribution in [3.05, 3.63) is 59.2 Å². The second-order valence-electron chi connectivity index (χ2n) is 6.63. The number of nitrogens with one attached hydrogen (secondary N) is 1. The highest BCUT2D eigenvalue weighted by atomic mass is 32.2. The third-order valence-electron chi connectivity index (χ3n) is 4.84. The molecule has 1 N–H and O–H groups in total. The fraction of sp³-hybridized carbons (Fsp3) is 0.250. The molecule has 27 heavy (non-hydrogen) atoms. The first-order valence-corrected chi connectivity index (χ1v) is 10.0. The predicted octanol–water partition coefficient (Wildman–Crippen LogP) is 2.28. The Bertz CT molecular complexity index is 951. The van der Waals surface area contributed by atoms with E-state index in [9.17, 15) is 13.8 Å². The third-order valence-corrected chi connectivity index (χ3v) is 6.01. The first-order chi connectivity index (χ1) is 13.1. The van der Waals surface area contributed by atoms with Crippen LogP contribution >= 0.6 is 0 Å². The van der Waals surface area contributed by atoms with Gasteiger partial charge in [0.15, 0.2) is 0 Å². The van der Waals surface area contributed by atoms with E-state index in [1.165, 1.54) is 10.4 Å². The molecule has 0 saturated carbocycles. The zero-order valence-electron chi connectivity index (χ0n) is 14.8. The van der Waals surface area contributed by atoms with Crippen LogP contribution in [0, 0.1) is 0 Å². The molecule has 138 valence electrons. The van der Waals surface area contributed by atoms with Crippen LogP contribution in [0.2, 0.25) is 0 Å². The van der Waals surface area contributed by atoms with Crippen LogP contribution in [0.25, 0.3) is 0 Å². The number of imide groups is 1. The summed E-state index contributed by atoms with van der Waals surface area (Å²) in [4.78, 5) is 31.3. The van der Waals surface area contributed by atoms with Crippen molar-refractivity contribution in [3.63, 3.8) is 0 Å². The molecule has 0 spiro atoms. The van der Waals surface area contributed by atoms with Gasteiger partial charge in [-0.1, -0.05) is 24.3 Å². The monoisotopic (exact) mass is 381 g/mol. The molecule has 0 bridgehead atoms. The molecular weight excluding hydrogens is 362 g/mol. The number of aliphatic imine (C=N–C) groups is 1. The van der Waals surface area contributed by atoms with Gasteiger partial charge in [-0.15, -0.1) is 0 Å². The lowest BCUT2D eigenvalue weighted by Crippen LogP contribution is -2.44. The number of rotatable bonds is 6. The van der Waals surface area contributed by atoms with Gasteiger partial charge in [0.05, 0.1) is 38.1 Å². The van der Waals surface area contributed by atoms with E-state index >= 15 is 0 Å². The molecule has 2 aromatic carbocycles. The van der Waals surface area contributed by atoms with Gasteiger partial charge in [-0.2, -0.15) is 0 Å².